The number of hydrogen-bond donors (Lipinski definition) is 1. The van der Waals surface area contributed by atoms with Gasteiger partial charge in [-0.05, 0) is 49.9 Å². The van der Waals surface area contributed by atoms with Crippen LogP contribution in [0.1, 0.15) is 61.1 Å². The number of carbonyl (C=O) groups excluding carboxylic acids is 3. The summed E-state index contributed by atoms with van der Waals surface area (Å²) < 4.78 is 12.1. The Morgan fingerprint density at radius 1 is 0.943 bits per heavy atom. The van der Waals surface area contributed by atoms with Crippen molar-refractivity contribution >= 4 is 23.2 Å². The Morgan fingerprint density at radius 2 is 1.60 bits per heavy atom. The molecule has 1 amide bonds. The number of ether oxygens (including phenoxy) is 2. The Kier molecular flexibility index (Phi) is 6.29. The Hall–Kier alpha value is -3.67. The predicted octanol–water partition coefficient (Wildman–Crippen LogP) is 5.45. The molecule has 5 rings (SSSR count). The zero-order valence-corrected chi connectivity index (χ0v) is 20.1. The van der Waals surface area contributed by atoms with Crippen molar-refractivity contribution in [2.45, 2.75) is 58.3 Å². The molecular formula is C29H29NO5. The number of anilines is 1. The van der Waals surface area contributed by atoms with Gasteiger partial charge in [-0.1, -0.05) is 30.3 Å². The van der Waals surface area contributed by atoms with Gasteiger partial charge in [-0.25, -0.2) is 0 Å². The summed E-state index contributed by atoms with van der Waals surface area (Å²) in [5, 5.41) is 2.91. The van der Waals surface area contributed by atoms with Gasteiger partial charge in [0.25, 0.3) is 5.91 Å². The number of Topliss-reactive ketones (excluding diaryl/α,β-unsaturated/α-hetero) is 2. The third-order valence-corrected chi connectivity index (χ3v) is 6.90. The summed E-state index contributed by atoms with van der Waals surface area (Å²) in [5.74, 6) is 1.10. The second kappa shape index (κ2) is 9.53. The third-order valence-electron chi connectivity index (χ3n) is 6.90. The molecule has 180 valence electrons. The number of hydrogen-bond acceptors (Lipinski definition) is 5. The van der Waals surface area contributed by atoms with Gasteiger partial charge in [-0.15, -0.1) is 0 Å². The van der Waals surface area contributed by atoms with Crippen LogP contribution in [0.2, 0.25) is 0 Å². The third kappa shape index (κ3) is 4.53. The number of aryl methyl sites for hydroxylation is 2. The zero-order valence-electron chi connectivity index (χ0n) is 20.1. The molecule has 3 aliphatic rings. The number of rotatable bonds is 5. The van der Waals surface area contributed by atoms with E-state index in [0.717, 1.165) is 35.2 Å². The lowest BCUT2D eigenvalue weighted by Crippen LogP contribution is -2.30. The number of para-hydroxylation sites is 1. The number of allylic oxidation sites excluding steroid dienone is 4. The van der Waals surface area contributed by atoms with Crippen LogP contribution >= 0.6 is 0 Å². The van der Waals surface area contributed by atoms with E-state index in [1.54, 1.807) is 6.07 Å². The molecule has 0 radical (unpaired) electrons. The molecule has 0 spiro atoms. The molecule has 0 unspecified atom stereocenters. The Balaban J connectivity index is 1.45. The highest BCUT2D eigenvalue weighted by Gasteiger charge is 2.42. The molecule has 2 aromatic carbocycles. The van der Waals surface area contributed by atoms with E-state index in [4.69, 9.17) is 9.47 Å². The second-order valence-corrected chi connectivity index (χ2v) is 9.46. The summed E-state index contributed by atoms with van der Waals surface area (Å²) in [4.78, 5) is 38.8. The number of ketones is 2. The molecule has 2 aliphatic carbocycles. The van der Waals surface area contributed by atoms with E-state index in [1.807, 2.05) is 50.2 Å². The van der Waals surface area contributed by atoms with E-state index in [9.17, 15) is 14.4 Å². The summed E-state index contributed by atoms with van der Waals surface area (Å²) in [6.07, 6.45) is 3.75. The summed E-state index contributed by atoms with van der Waals surface area (Å²) >= 11 is 0. The Morgan fingerprint density at radius 3 is 2.29 bits per heavy atom. The molecule has 1 heterocycles. The smallest absolute Gasteiger partial charge is 0.262 e. The first-order valence-corrected chi connectivity index (χ1v) is 12.2. The van der Waals surface area contributed by atoms with Crippen LogP contribution in [0.5, 0.6) is 5.75 Å². The molecule has 0 atom stereocenters. The fourth-order valence-corrected chi connectivity index (χ4v) is 5.18. The largest absolute Gasteiger partial charge is 0.483 e. The van der Waals surface area contributed by atoms with E-state index in [0.29, 0.717) is 54.1 Å². The topological polar surface area (TPSA) is 81.7 Å². The molecular weight excluding hydrogens is 442 g/mol. The van der Waals surface area contributed by atoms with E-state index >= 15 is 0 Å². The van der Waals surface area contributed by atoms with Gasteiger partial charge in [0.1, 0.15) is 17.3 Å². The Bertz CT molecular complexity index is 1240. The van der Waals surface area contributed by atoms with Crippen molar-refractivity contribution in [1.82, 2.24) is 0 Å². The summed E-state index contributed by atoms with van der Waals surface area (Å²) in [5.41, 5.74) is 4.64. The lowest BCUT2D eigenvalue weighted by Gasteiger charge is -2.36. The normalized spacial score (nSPS) is 18.1. The highest BCUT2D eigenvalue weighted by molar-refractivity contribution is 6.06. The van der Waals surface area contributed by atoms with Crippen molar-refractivity contribution in [3.8, 4) is 5.75 Å². The van der Waals surface area contributed by atoms with Crippen molar-refractivity contribution in [3.05, 3.63) is 81.8 Å². The number of benzene rings is 2. The lowest BCUT2D eigenvalue weighted by atomic mass is 9.73. The lowest BCUT2D eigenvalue weighted by molar-refractivity contribution is -0.119. The summed E-state index contributed by atoms with van der Waals surface area (Å²) in [6, 6.07) is 13.3. The first kappa shape index (κ1) is 23.1. The van der Waals surface area contributed by atoms with Crippen molar-refractivity contribution in [3.63, 3.8) is 0 Å². The molecule has 6 heteroatoms. The Labute approximate surface area is 205 Å². The molecule has 1 aliphatic heterocycles. The molecule has 0 saturated carbocycles. The van der Waals surface area contributed by atoms with Crippen LogP contribution in [0, 0.1) is 13.8 Å². The predicted molar refractivity (Wildman–Crippen MR) is 132 cm³/mol. The maximum absolute atomic E-state index is 13.1. The molecule has 0 fully saturated rings. The van der Waals surface area contributed by atoms with Crippen LogP contribution in [0.25, 0.3) is 0 Å². The minimum atomic E-state index is -0.521. The van der Waals surface area contributed by atoms with Crippen molar-refractivity contribution in [2.75, 3.05) is 11.9 Å². The van der Waals surface area contributed by atoms with Crippen LogP contribution in [0.3, 0.4) is 0 Å². The second-order valence-electron chi connectivity index (χ2n) is 9.46. The first-order chi connectivity index (χ1) is 16.9. The van der Waals surface area contributed by atoms with Gasteiger partial charge in [-0.3, -0.25) is 14.4 Å². The van der Waals surface area contributed by atoms with Crippen LogP contribution < -0.4 is 10.1 Å². The summed E-state index contributed by atoms with van der Waals surface area (Å²) in [6.45, 7) is 3.73. The molecule has 0 saturated heterocycles. The highest BCUT2D eigenvalue weighted by Crippen LogP contribution is 2.49. The molecule has 35 heavy (non-hydrogen) atoms. The monoisotopic (exact) mass is 471 g/mol. The van der Waals surface area contributed by atoms with Gasteiger partial charge < -0.3 is 14.8 Å². The minimum Gasteiger partial charge on any atom is -0.483 e. The average Bonchev–Trinajstić information content (AvgIpc) is 2.84. The standard InChI is InChI=1S/C29H29NO5/c1-17-13-14-18(2)20(15-17)30-26(33)16-34-23-10-4-3-7-19(23)27-28-21(31)8-5-11-24(28)35-25-12-6-9-22(32)29(25)27/h3-4,7,10,13-15,27H,5-6,8-9,11-12,16H2,1-2H3,(H,30,33). The van der Waals surface area contributed by atoms with Gasteiger partial charge in [0.05, 0.1) is 5.92 Å². The fraction of sp³-hybridized carbons (Fsp3) is 0.345. The maximum Gasteiger partial charge on any atom is 0.262 e. The van der Waals surface area contributed by atoms with Gasteiger partial charge in [0.15, 0.2) is 18.2 Å². The molecule has 0 aromatic heterocycles. The van der Waals surface area contributed by atoms with Gasteiger partial charge in [-0.2, -0.15) is 0 Å². The molecule has 1 N–H and O–H groups in total. The minimum absolute atomic E-state index is 0.0173. The van der Waals surface area contributed by atoms with Crippen molar-refractivity contribution in [1.29, 1.82) is 0 Å². The first-order valence-electron chi connectivity index (χ1n) is 12.2. The number of nitrogens with one attached hydrogen (secondary N) is 1. The molecule has 6 nitrogen and oxygen atoms in total. The quantitative estimate of drug-likeness (QED) is 0.627. The van der Waals surface area contributed by atoms with Gasteiger partial charge in [0.2, 0.25) is 0 Å². The van der Waals surface area contributed by atoms with Crippen LogP contribution in [0.4, 0.5) is 5.69 Å². The van der Waals surface area contributed by atoms with E-state index < -0.39 is 5.92 Å². The molecule has 0 bridgehead atoms. The van der Waals surface area contributed by atoms with Crippen LogP contribution in [-0.2, 0) is 19.1 Å². The SMILES string of the molecule is Cc1ccc(C)c(NC(=O)COc2ccccc2C2C3=C(CCCC3=O)OC3=C2C(=O)CCC3)c1. The zero-order chi connectivity index (χ0) is 24.5. The number of carbonyl (C=O) groups is 3. The van der Waals surface area contributed by atoms with Gasteiger partial charge in [0, 0.05) is 48.1 Å². The summed E-state index contributed by atoms with van der Waals surface area (Å²) in [7, 11) is 0. The van der Waals surface area contributed by atoms with E-state index in [-0.39, 0.29) is 24.1 Å². The highest BCUT2D eigenvalue weighted by atomic mass is 16.5. The maximum atomic E-state index is 13.1. The van der Waals surface area contributed by atoms with Crippen LogP contribution in [-0.4, -0.2) is 24.1 Å². The van der Waals surface area contributed by atoms with Gasteiger partial charge >= 0.3 is 0 Å². The fourth-order valence-electron chi connectivity index (χ4n) is 5.18. The van der Waals surface area contributed by atoms with Crippen molar-refractivity contribution < 1.29 is 23.9 Å². The number of amides is 1. The average molecular weight is 472 g/mol. The molecule has 2 aromatic rings. The van der Waals surface area contributed by atoms with Crippen molar-refractivity contribution in [2.24, 2.45) is 0 Å². The van der Waals surface area contributed by atoms with E-state index in [1.165, 1.54) is 0 Å². The van der Waals surface area contributed by atoms with Crippen LogP contribution in [0.15, 0.2) is 65.1 Å². The van der Waals surface area contributed by atoms with E-state index in [2.05, 4.69) is 5.32 Å².